The van der Waals surface area contributed by atoms with Crippen LogP contribution >= 0.6 is 11.3 Å². The molecule has 9 heavy (non-hydrogen) atoms. The Morgan fingerprint density at radius 3 is 3.33 bits per heavy atom. The molecule has 0 aromatic carbocycles. The van der Waals surface area contributed by atoms with E-state index < -0.39 is 0 Å². The van der Waals surface area contributed by atoms with Gasteiger partial charge in [0.2, 0.25) is 0 Å². The molecular formula is C7H9NS. The summed E-state index contributed by atoms with van der Waals surface area (Å²) in [6.07, 6.45) is 5.49. The maximum atomic E-state index is 7.24. The number of rotatable bonds is 2. The molecule has 0 aliphatic heterocycles. The van der Waals surface area contributed by atoms with Gasteiger partial charge in [-0.25, -0.2) is 4.98 Å². The molecule has 0 atom stereocenters. The van der Waals surface area contributed by atoms with E-state index in [4.69, 9.17) is 1.37 Å². The molecular weight excluding hydrogens is 130 g/mol. The highest BCUT2D eigenvalue weighted by molar-refractivity contribution is 7.09. The van der Waals surface area contributed by atoms with Gasteiger partial charge in [0.15, 0.2) is 0 Å². The molecule has 1 aliphatic carbocycles. The minimum atomic E-state index is 0.593. The highest BCUT2D eigenvalue weighted by Crippen LogP contribution is 2.32. The smallest absolute Gasteiger partial charge is 0.0927 e. The number of hydrogen-bond acceptors (Lipinski definition) is 2. The van der Waals surface area contributed by atoms with Crippen LogP contribution in [0.2, 0.25) is 0 Å². The van der Waals surface area contributed by atoms with Crippen molar-refractivity contribution in [1.82, 2.24) is 4.98 Å². The highest BCUT2D eigenvalue weighted by atomic mass is 32.1. The van der Waals surface area contributed by atoms with Crippen LogP contribution in [-0.4, -0.2) is 4.98 Å². The predicted molar refractivity (Wildman–Crippen MR) is 38.5 cm³/mol. The lowest BCUT2D eigenvalue weighted by molar-refractivity contribution is 0.824. The second-order valence-electron chi connectivity index (χ2n) is 2.52. The molecule has 0 N–H and O–H groups in total. The Bertz CT molecular complexity index is 229. The van der Waals surface area contributed by atoms with Crippen molar-refractivity contribution in [2.75, 3.05) is 0 Å². The summed E-state index contributed by atoms with van der Waals surface area (Å²) in [5.74, 6) is 0.894. The summed E-state index contributed by atoms with van der Waals surface area (Å²) in [6.45, 7) is 0. The number of hydrogen-bond donors (Lipinski definition) is 0. The molecule has 0 saturated heterocycles. The largest absolute Gasteiger partial charge is 0.250 e. The Hall–Kier alpha value is -0.370. The third-order valence-corrected chi connectivity index (χ3v) is 2.33. The van der Waals surface area contributed by atoms with E-state index in [0.29, 0.717) is 5.36 Å². The zero-order valence-corrected chi connectivity index (χ0v) is 5.95. The fourth-order valence-corrected chi connectivity index (χ4v) is 1.55. The Balaban J connectivity index is 2.03. The zero-order valence-electron chi connectivity index (χ0n) is 6.13. The number of thiazole rings is 1. The summed E-state index contributed by atoms with van der Waals surface area (Å²) in [4.78, 5) is 4.13. The Morgan fingerprint density at radius 1 is 1.89 bits per heavy atom. The first-order valence-corrected chi connectivity index (χ1v) is 4.07. The topological polar surface area (TPSA) is 12.9 Å². The van der Waals surface area contributed by atoms with E-state index in [9.17, 15) is 0 Å². The van der Waals surface area contributed by atoms with Gasteiger partial charge in [0.1, 0.15) is 0 Å². The van der Waals surface area contributed by atoms with Crippen molar-refractivity contribution in [2.24, 2.45) is 5.92 Å². The molecule has 1 aromatic heterocycles. The molecule has 1 aromatic rings. The fraction of sp³-hybridized carbons (Fsp3) is 0.571. The maximum Gasteiger partial charge on any atom is 0.0927 e. The lowest BCUT2D eigenvalue weighted by atomic mass is 10.3. The van der Waals surface area contributed by atoms with Crippen molar-refractivity contribution >= 4 is 11.3 Å². The van der Waals surface area contributed by atoms with Crippen molar-refractivity contribution in [3.05, 3.63) is 16.6 Å². The quantitative estimate of drug-likeness (QED) is 0.613. The van der Waals surface area contributed by atoms with Crippen LogP contribution in [0.15, 0.2) is 11.6 Å². The van der Waals surface area contributed by atoms with E-state index in [0.717, 1.165) is 17.3 Å². The summed E-state index contributed by atoms with van der Waals surface area (Å²) in [5.41, 5.74) is 0. The third-order valence-electron chi connectivity index (χ3n) is 1.60. The first-order chi connectivity index (χ1) is 4.84. The molecule has 1 aliphatic rings. The van der Waals surface area contributed by atoms with E-state index >= 15 is 0 Å². The van der Waals surface area contributed by atoms with Crippen LogP contribution in [0.4, 0.5) is 0 Å². The molecule has 1 heterocycles. The van der Waals surface area contributed by atoms with Gasteiger partial charge in [-0.2, -0.15) is 0 Å². The van der Waals surface area contributed by atoms with Gasteiger partial charge in [-0.05, 0) is 18.8 Å². The summed E-state index contributed by atoms with van der Waals surface area (Å²) in [7, 11) is 0. The van der Waals surface area contributed by atoms with Gasteiger partial charge in [-0.3, -0.25) is 0 Å². The normalized spacial score (nSPS) is 19.8. The predicted octanol–water partition coefficient (Wildman–Crippen LogP) is 2.10. The van der Waals surface area contributed by atoms with E-state index in [2.05, 4.69) is 4.98 Å². The van der Waals surface area contributed by atoms with Crippen LogP contribution in [0.5, 0.6) is 0 Å². The molecule has 2 rings (SSSR count). The molecule has 48 valence electrons. The van der Waals surface area contributed by atoms with Gasteiger partial charge in [0.25, 0.3) is 0 Å². The summed E-state index contributed by atoms with van der Waals surface area (Å²) < 4.78 is 7.24. The molecule has 0 radical (unpaired) electrons. The van der Waals surface area contributed by atoms with Crippen LogP contribution in [0.25, 0.3) is 0 Å². The average Bonchev–Trinajstić information content (AvgIpc) is 2.59. The Morgan fingerprint density at radius 2 is 2.78 bits per heavy atom. The summed E-state index contributed by atoms with van der Waals surface area (Å²) >= 11 is 1.51. The van der Waals surface area contributed by atoms with Crippen LogP contribution < -0.4 is 0 Å². The first kappa shape index (κ1) is 4.45. The fourth-order valence-electron chi connectivity index (χ4n) is 0.882. The van der Waals surface area contributed by atoms with Gasteiger partial charge in [-0.1, -0.05) is 0 Å². The van der Waals surface area contributed by atoms with E-state index in [1.165, 1.54) is 24.2 Å². The number of nitrogens with zero attached hydrogens (tertiary/aromatic N) is 1. The molecule has 2 heteroatoms. The second kappa shape index (κ2) is 2.10. The number of aromatic nitrogens is 1. The highest BCUT2D eigenvalue weighted by Gasteiger charge is 2.22. The van der Waals surface area contributed by atoms with Crippen molar-refractivity contribution in [3.63, 3.8) is 0 Å². The van der Waals surface area contributed by atoms with Gasteiger partial charge < -0.3 is 0 Å². The molecule has 0 spiro atoms. The van der Waals surface area contributed by atoms with Gasteiger partial charge in [0, 0.05) is 18.0 Å². The van der Waals surface area contributed by atoms with Crippen LogP contribution in [0.3, 0.4) is 0 Å². The lowest BCUT2D eigenvalue weighted by Gasteiger charge is -1.86. The minimum absolute atomic E-state index is 0.593. The minimum Gasteiger partial charge on any atom is -0.250 e. The second-order valence-corrected chi connectivity index (χ2v) is 3.43. The van der Waals surface area contributed by atoms with Crippen LogP contribution in [-0.2, 0) is 6.42 Å². The molecule has 0 amide bonds. The Kier molecular flexibility index (Phi) is 1.04. The Labute approximate surface area is 60.2 Å². The summed E-state index contributed by atoms with van der Waals surface area (Å²) in [6, 6.07) is 0. The molecule has 1 nitrogen and oxygen atoms in total. The molecule has 0 bridgehead atoms. The molecule has 1 saturated carbocycles. The van der Waals surface area contributed by atoms with Crippen molar-refractivity contribution in [2.45, 2.75) is 19.3 Å². The maximum absolute atomic E-state index is 7.24. The zero-order chi connectivity index (χ0) is 6.97. The SMILES string of the molecule is [2H]c1cnc(CC2CC2)s1. The van der Waals surface area contributed by atoms with Crippen molar-refractivity contribution in [1.29, 1.82) is 0 Å². The van der Waals surface area contributed by atoms with Crippen LogP contribution in [0, 0.1) is 5.92 Å². The van der Waals surface area contributed by atoms with E-state index in [-0.39, 0.29) is 0 Å². The molecule has 1 fully saturated rings. The van der Waals surface area contributed by atoms with Gasteiger partial charge in [0.05, 0.1) is 6.38 Å². The third kappa shape index (κ3) is 1.30. The van der Waals surface area contributed by atoms with Crippen molar-refractivity contribution in [3.8, 4) is 0 Å². The van der Waals surface area contributed by atoms with Crippen molar-refractivity contribution < 1.29 is 1.37 Å². The van der Waals surface area contributed by atoms with E-state index in [1.807, 2.05) is 0 Å². The van der Waals surface area contributed by atoms with Crippen LogP contribution in [0.1, 0.15) is 19.2 Å². The lowest BCUT2D eigenvalue weighted by Crippen LogP contribution is -1.82. The molecule has 0 unspecified atom stereocenters. The van der Waals surface area contributed by atoms with Gasteiger partial charge in [-0.15, -0.1) is 11.3 Å². The average molecular weight is 140 g/mol. The first-order valence-electron chi connectivity index (χ1n) is 3.76. The summed E-state index contributed by atoms with van der Waals surface area (Å²) in [5, 5.41) is 1.74. The van der Waals surface area contributed by atoms with Gasteiger partial charge >= 0.3 is 0 Å². The standard InChI is InChI=1S/C7H9NS/c1-2-6(1)5-7-8-3-4-9-7/h3-4,6H,1-2,5H2/i4D. The van der Waals surface area contributed by atoms with E-state index in [1.54, 1.807) is 6.20 Å². The monoisotopic (exact) mass is 140 g/mol.